The molecule has 26 heavy (non-hydrogen) atoms. The van der Waals surface area contributed by atoms with Crippen molar-refractivity contribution in [3.05, 3.63) is 0 Å². The molecule has 0 unspecified atom stereocenters. The van der Waals surface area contributed by atoms with Crippen molar-refractivity contribution in [2.24, 2.45) is 5.92 Å². The molecule has 0 saturated carbocycles. The van der Waals surface area contributed by atoms with Gasteiger partial charge in [0, 0.05) is 0 Å². The molecule has 0 bridgehead atoms. The third kappa shape index (κ3) is 20.3. The van der Waals surface area contributed by atoms with Crippen molar-refractivity contribution >= 4 is 0 Å². The van der Waals surface area contributed by atoms with Crippen LogP contribution in [-0.2, 0) is 0 Å². The summed E-state index contributed by atoms with van der Waals surface area (Å²) in [5, 5.41) is 0. The highest BCUT2D eigenvalue weighted by atomic mass is 14.1. The normalized spacial score (nSPS) is 11.5. The van der Waals surface area contributed by atoms with E-state index in [1.807, 2.05) is 0 Å². The molecule has 0 heteroatoms. The Kier molecular flexibility index (Phi) is 23.0. The van der Waals surface area contributed by atoms with Gasteiger partial charge in [-0.2, -0.15) is 0 Å². The van der Waals surface area contributed by atoms with Gasteiger partial charge in [-0.25, -0.2) is 0 Å². The Morgan fingerprint density at radius 3 is 0.885 bits per heavy atom. The smallest absolute Gasteiger partial charge is 0.0420 e. The van der Waals surface area contributed by atoms with Gasteiger partial charge in [-0.1, -0.05) is 162 Å². The molecular formula is C26H54. The first-order chi connectivity index (χ1) is 12.8. The maximum absolute atomic E-state index is 2.35. The van der Waals surface area contributed by atoms with E-state index in [2.05, 4.69) is 20.8 Å². The quantitative estimate of drug-likeness (QED) is 0.167. The fraction of sp³-hybridized carbons (Fsp3) is 1.00. The predicted octanol–water partition coefficient (Wildman–Crippen LogP) is 10.2. The van der Waals surface area contributed by atoms with Gasteiger partial charge >= 0.3 is 0 Å². The second kappa shape index (κ2) is 23.0. The zero-order valence-electron chi connectivity index (χ0n) is 19.1. The van der Waals surface area contributed by atoms with Crippen LogP contribution in [0.1, 0.15) is 162 Å². The highest BCUT2D eigenvalue weighted by Gasteiger charge is 2.02. The molecule has 0 aromatic heterocycles. The van der Waals surface area contributed by atoms with Gasteiger partial charge in [0.2, 0.25) is 0 Å². The van der Waals surface area contributed by atoms with Crippen LogP contribution in [0, 0.1) is 5.92 Å². The highest BCUT2D eigenvalue weighted by Crippen LogP contribution is 2.18. The van der Waals surface area contributed by atoms with Crippen LogP contribution in [0.3, 0.4) is 0 Å². The van der Waals surface area contributed by atoms with Gasteiger partial charge in [-0.3, -0.25) is 0 Å². The van der Waals surface area contributed by atoms with Crippen LogP contribution in [0.2, 0.25) is 0 Å². The average Bonchev–Trinajstić information content (AvgIpc) is 2.66. The molecule has 0 saturated heterocycles. The first-order valence-electron chi connectivity index (χ1n) is 12.8. The summed E-state index contributed by atoms with van der Waals surface area (Å²) in [6.45, 7) is 7.00. The van der Waals surface area contributed by atoms with Crippen LogP contribution in [0.4, 0.5) is 0 Å². The maximum atomic E-state index is 2.35. The monoisotopic (exact) mass is 366 g/mol. The second-order valence-corrected chi connectivity index (χ2v) is 8.84. The zero-order chi connectivity index (χ0) is 19.1. The lowest BCUT2D eigenvalue weighted by atomic mass is 9.95. The third-order valence-corrected chi connectivity index (χ3v) is 6.37. The van der Waals surface area contributed by atoms with Crippen LogP contribution >= 0.6 is 0 Å². The van der Waals surface area contributed by atoms with E-state index in [-0.39, 0.29) is 0 Å². The Balaban J connectivity index is 3.03. The molecule has 0 spiro atoms. The molecule has 0 aliphatic carbocycles. The fourth-order valence-electron chi connectivity index (χ4n) is 4.21. The summed E-state index contributed by atoms with van der Waals surface area (Å²) in [6.07, 6.45) is 32.3. The average molecular weight is 367 g/mol. The summed E-state index contributed by atoms with van der Waals surface area (Å²) < 4.78 is 0. The molecule has 0 radical (unpaired) electrons. The van der Waals surface area contributed by atoms with Crippen molar-refractivity contribution in [2.45, 2.75) is 162 Å². The van der Waals surface area contributed by atoms with Crippen molar-refractivity contribution in [3.63, 3.8) is 0 Å². The van der Waals surface area contributed by atoms with E-state index in [4.69, 9.17) is 0 Å². The van der Waals surface area contributed by atoms with E-state index in [0.717, 1.165) is 5.92 Å². The lowest BCUT2D eigenvalue weighted by Crippen LogP contribution is -1.96. The minimum Gasteiger partial charge on any atom is -0.0654 e. The fourth-order valence-corrected chi connectivity index (χ4v) is 4.21. The summed E-state index contributed by atoms with van der Waals surface area (Å²) >= 11 is 0. The summed E-state index contributed by atoms with van der Waals surface area (Å²) in [6, 6.07) is 0. The molecule has 0 N–H and O–H groups in total. The lowest BCUT2D eigenvalue weighted by molar-refractivity contribution is 0.426. The van der Waals surface area contributed by atoms with E-state index in [0.29, 0.717) is 0 Å². The van der Waals surface area contributed by atoms with Crippen LogP contribution in [0.15, 0.2) is 0 Å². The molecule has 0 aliphatic heterocycles. The Bertz CT molecular complexity index is 228. The molecule has 0 amide bonds. The number of hydrogen-bond donors (Lipinski definition) is 0. The Hall–Kier alpha value is 0. The molecule has 158 valence electrons. The van der Waals surface area contributed by atoms with Gasteiger partial charge in [0.05, 0.1) is 0 Å². The van der Waals surface area contributed by atoms with Crippen LogP contribution in [0.25, 0.3) is 0 Å². The van der Waals surface area contributed by atoms with Crippen molar-refractivity contribution in [1.29, 1.82) is 0 Å². The summed E-state index contributed by atoms with van der Waals surface area (Å²) in [5.41, 5.74) is 0. The Morgan fingerprint density at radius 1 is 0.346 bits per heavy atom. The molecular weight excluding hydrogens is 312 g/mol. The second-order valence-electron chi connectivity index (χ2n) is 8.84. The minimum absolute atomic E-state index is 1.00. The largest absolute Gasteiger partial charge is 0.0654 e. The molecule has 0 atom stereocenters. The van der Waals surface area contributed by atoms with Crippen LogP contribution in [0.5, 0.6) is 0 Å². The number of hydrogen-bond acceptors (Lipinski definition) is 0. The number of rotatable bonds is 22. The van der Waals surface area contributed by atoms with Gasteiger partial charge in [0.15, 0.2) is 0 Å². The SMILES string of the molecule is CCCCCCCCCCCCCCCCCCCCCC(CC)CC. The molecule has 0 aliphatic rings. The Morgan fingerprint density at radius 2 is 0.615 bits per heavy atom. The lowest BCUT2D eigenvalue weighted by Gasteiger charge is -2.11. The first-order valence-corrected chi connectivity index (χ1v) is 12.8. The van der Waals surface area contributed by atoms with Crippen molar-refractivity contribution in [1.82, 2.24) is 0 Å². The summed E-state index contributed by atoms with van der Waals surface area (Å²) in [4.78, 5) is 0. The predicted molar refractivity (Wildman–Crippen MR) is 122 cm³/mol. The zero-order valence-corrected chi connectivity index (χ0v) is 19.1. The van der Waals surface area contributed by atoms with E-state index >= 15 is 0 Å². The van der Waals surface area contributed by atoms with Gasteiger partial charge in [-0.15, -0.1) is 0 Å². The van der Waals surface area contributed by atoms with Crippen LogP contribution < -0.4 is 0 Å². The van der Waals surface area contributed by atoms with Gasteiger partial charge in [0.25, 0.3) is 0 Å². The molecule has 0 fully saturated rings. The molecule has 0 rings (SSSR count). The van der Waals surface area contributed by atoms with E-state index in [1.54, 1.807) is 0 Å². The van der Waals surface area contributed by atoms with Gasteiger partial charge in [0.1, 0.15) is 0 Å². The molecule has 0 nitrogen and oxygen atoms in total. The highest BCUT2D eigenvalue weighted by molar-refractivity contribution is 4.56. The summed E-state index contributed by atoms with van der Waals surface area (Å²) in [7, 11) is 0. The van der Waals surface area contributed by atoms with Gasteiger partial charge < -0.3 is 0 Å². The molecule has 0 aromatic rings. The third-order valence-electron chi connectivity index (χ3n) is 6.37. The van der Waals surface area contributed by atoms with E-state index in [9.17, 15) is 0 Å². The molecule has 0 heterocycles. The summed E-state index contributed by atoms with van der Waals surface area (Å²) in [5.74, 6) is 1.00. The van der Waals surface area contributed by atoms with Crippen LogP contribution in [-0.4, -0.2) is 0 Å². The maximum Gasteiger partial charge on any atom is -0.0420 e. The van der Waals surface area contributed by atoms with Gasteiger partial charge in [-0.05, 0) is 5.92 Å². The minimum atomic E-state index is 1.00. The first kappa shape index (κ1) is 26.0. The number of unbranched alkanes of at least 4 members (excludes halogenated alkanes) is 18. The topological polar surface area (TPSA) is 0 Å². The Labute approximate surface area is 168 Å². The standard InChI is InChI=1S/C26H54/c1-4-7-8-9-10-11-12-13-14-15-16-17-18-19-20-21-22-23-24-25-26(5-2)6-3/h26H,4-25H2,1-3H3. The van der Waals surface area contributed by atoms with Crippen molar-refractivity contribution in [3.8, 4) is 0 Å². The molecule has 0 aromatic carbocycles. The van der Waals surface area contributed by atoms with Crippen molar-refractivity contribution < 1.29 is 0 Å². The van der Waals surface area contributed by atoms with Crippen molar-refractivity contribution in [2.75, 3.05) is 0 Å². The van der Waals surface area contributed by atoms with E-state index in [1.165, 1.54) is 141 Å². The van der Waals surface area contributed by atoms with E-state index < -0.39 is 0 Å².